The molecule has 0 aliphatic carbocycles. The minimum absolute atomic E-state index is 0.0118. The minimum Gasteiger partial charge on any atom is -0.340 e. The van der Waals surface area contributed by atoms with E-state index in [9.17, 15) is 8.78 Å². The highest BCUT2D eigenvalue weighted by atomic mass is 19.1. The Kier molecular flexibility index (Phi) is 3.66. The predicted molar refractivity (Wildman–Crippen MR) is 60.6 cm³/mol. The molecule has 0 aliphatic rings. The third-order valence-electron chi connectivity index (χ3n) is 2.57. The Morgan fingerprint density at radius 2 is 2.00 bits per heavy atom. The highest BCUT2D eigenvalue weighted by molar-refractivity contribution is 5.22. The van der Waals surface area contributed by atoms with Crippen LogP contribution in [0.15, 0.2) is 22.7 Å². The van der Waals surface area contributed by atoms with Gasteiger partial charge < -0.3 is 9.84 Å². The molecule has 0 fully saturated rings. The van der Waals surface area contributed by atoms with Crippen molar-refractivity contribution >= 4 is 0 Å². The molecule has 96 valence electrons. The lowest BCUT2D eigenvalue weighted by Crippen LogP contribution is -2.21. The molecule has 1 aromatic carbocycles. The summed E-state index contributed by atoms with van der Waals surface area (Å²) in [5.74, 6) is -0.230. The monoisotopic (exact) mass is 253 g/mol. The van der Waals surface area contributed by atoms with Crippen molar-refractivity contribution in [1.29, 1.82) is 0 Å². The molecular formula is C12H13F2N3O. The van der Waals surface area contributed by atoms with Crippen molar-refractivity contribution in [2.24, 2.45) is 0 Å². The second kappa shape index (κ2) is 5.22. The van der Waals surface area contributed by atoms with Crippen LogP contribution in [0.4, 0.5) is 8.78 Å². The fourth-order valence-corrected chi connectivity index (χ4v) is 1.68. The number of nitrogens with one attached hydrogen (secondary N) is 1. The van der Waals surface area contributed by atoms with Crippen LogP contribution in [0.5, 0.6) is 0 Å². The molecule has 0 bridgehead atoms. The highest BCUT2D eigenvalue weighted by Gasteiger charge is 2.16. The SMILES string of the molecule is Cc1nc(CNC(C)c2c(F)cccc2F)no1. The average molecular weight is 253 g/mol. The Bertz CT molecular complexity index is 522. The van der Waals surface area contributed by atoms with E-state index in [0.29, 0.717) is 11.7 Å². The molecule has 0 saturated carbocycles. The number of aryl methyl sites for hydroxylation is 1. The van der Waals surface area contributed by atoms with Gasteiger partial charge in [-0.3, -0.25) is 0 Å². The molecule has 1 N–H and O–H groups in total. The first-order chi connectivity index (χ1) is 8.58. The van der Waals surface area contributed by atoms with E-state index in [0.717, 1.165) is 0 Å². The van der Waals surface area contributed by atoms with Gasteiger partial charge in [0.15, 0.2) is 5.82 Å². The van der Waals surface area contributed by atoms with E-state index in [-0.39, 0.29) is 12.1 Å². The van der Waals surface area contributed by atoms with Crippen LogP contribution in [0.1, 0.15) is 30.2 Å². The van der Waals surface area contributed by atoms with Gasteiger partial charge in [0, 0.05) is 18.5 Å². The van der Waals surface area contributed by atoms with Crippen molar-refractivity contribution in [3.63, 3.8) is 0 Å². The van der Waals surface area contributed by atoms with Crippen molar-refractivity contribution in [1.82, 2.24) is 15.5 Å². The largest absolute Gasteiger partial charge is 0.340 e. The zero-order valence-corrected chi connectivity index (χ0v) is 10.1. The maximum atomic E-state index is 13.5. The van der Waals surface area contributed by atoms with Gasteiger partial charge in [-0.05, 0) is 19.1 Å². The third-order valence-corrected chi connectivity index (χ3v) is 2.57. The third kappa shape index (κ3) is 2.70. The van der Waals surface area contributed by atoms with E-state index in [4.69, 9.17) is 4.52 Å². The second-order valence-corrected chi connectivity index (χ2v) is 3.97. The van der Waals surface area contributed by atoms with Crippen LogP contribution in [0.2, 0.25) is 0 Å². The molecule has 0 radical (unpaired) electrons. The van der Waals surface area contributed by atoms with Crippen LogP contribution in [-0.4, -0.2) is 10.1 Å². The Morgan fingerprint density at radius 1 is 1.33 bits per heavy atom. The number of rotatable bonds is 4. The maximum Gasteiger partial charge on any atom is 0.223 e. The number of halogens is 2. The Labute approximate surface area is 103 Å². The van der Waals surface area contributed by atoms with E-state index in [1.807, 2.05) is 0 Å². The summed E-state index contributed by atoms with van der Waals surface area (Å²) in [5, 5.41) is 6.64. The van der Waals surface area contributed by atoms with Crippen LogP contribution in [0, 0.1) is 18.6 Å². The van der Waals surface area contributed by atoms with Gasteiger partial charge in [-0.2, -0.15) is 4.98 Å². The molecular weight excluding hydrogens is 240 g/mol. The quantitative estimate of drug-likeness (QED) is 0.909. The van der Waals surface area contributed by atoms with E-state index in [2.05, 4.69) is 15.5 Å². The smallest absolute Gasteiger partial charge is 0.223 e. The summed E-state index contributed by atoms with van der Waals surface area (Å²) < 4.78 is 31.8. The molecule has 18 heavy (non-hydrogen) atoms. The Balaban J connectivity index is 2.06. The topological polar surface area (TPSA) is 51.0 Å². The molecule has 4 nitrogen and oxygen atoms in total. The number of hydrogen-bond donors (Lipinski definition) is 1. The summed E-state index contributed by atoms with van der Waals surface area (Å²) in [6, 6.07) is 3.32. The summed E-state index contributed by atoms with van der Waals surface area (Å²) in [4.78, 5) is 3.99. The minimum atomic E-state index is -0.570. The zero-order valence-electron chi connectivity index (χ0n) is 10.1. The number of hydrogen-bond acceptors (Lipinski definition) is 4. The van der Waals surface area contributed by atoms with E-state index in [1.165, 1.54) is 18.2 Å². The molecule has 2 rings (SSSR count). The number of nitrogens with zero attached hydrogens (tertiary/aromatic N) is 2. The van der Waals surface area contributed by atoms with E-state index in [1.54, 1.807) is 13.8 Å². The fraction of sp³-hybridized carbons (Fsp3) is 0.333. The van der Waals surface area contributed by atoms with Crippen LogP contribution < -0.4 is 5.32 Å². The van der Waals surface area contributed by atoms with Crippen molar-refractivity contribution in [2.45, 2.75) is 26.4 Å². The van der Waals surface area contributed by atoms with Crippen LogP contribution in [0.25, 0.3) is 0 Å². The molecule has 6 heteroatoms. The summed E-state index contributed by atoms with van der Waals surface area (Å²) in [5.41, 5.74) is 0.0118. The first-order valence-corrected chi connectivity index (χ1v) is 5.54. The van der Waals surface area contributed by atoms with Crippen molar-refractivity contribution in [3.8, 4) is 0 Å². The van der Waals surface area contributed by atoms with Gasteiger partial charge >= 0.3 is 0 Å². The average Bonchev–Trinajstić information content (AvgIpc) is 2.72. The Morgan fingerprint density at radius 3 is 2.56 bits per heavy atom. The zero-order chi connectivity index (χ0) is 13.1. The summed E-state index contributed by atoms with van der Waals surface area (Å²) in [6.45, 7) is 3.64. The molecule has 1 unspecified atom stereocenters. The molecule has 1 heterocycles. The molecule has 2 aromatic rings. The lowest BCUT2D eigenvalue weighted by molar-refractivity contribution is 0.383. The lowest BCUT2D eigenvalue weighted by Gasteiger charge is -2.14. The second-order valence-electron chi connectivity index (χ2n) is 3.97. The molecule has 0 spiro atoms. The summed E-state index contributed by atoms with van der Waals surface area (Å²) in [7, 11) is 0. The number of benzene rings is 1. The maximum absolute atomic E-state index is 13.5. The van der Waals surface area contributed by atoms with Gasteiger partial charge in [0.2, 0.25) is 5.89 Å². The lowest BCUT2D eigenvalue weighted by atomic mass is 10.1. The molecule has 0 saturated heterocycles. The van der Waals surface area contributed by atoms with Gasteiger partial charge in [0.25, 0.3) is 0 Å². The Hall–Kier alpha value is -1.82. The predicted octanol–water partition coefficient (Wildman–Crippen LogP) is 2.51. The van der Waals surface area contributed by atoms with E-state index < -0.39 is 17.7 Å². The summed E-state index contributed by atoms with van der Waals surface area (Å²) in [6.07, 6.45) is 0. The highest BCUT2D eigenvalue weighted by Crippen LogP contribution is 2.20. The normalized spacial score (nSPS) is 12.7. The number of aromatic nitrogens is 2. The molecule has 1 atom stereocenters. The van der Waals surface area contributed by atoms with E-state index >= 15 is 0 Å². The van der Waals surface area contributed by atoms with Crippen LogP contribution in [0.3, 0.4) is 0 Å². The first-order valence-electron chi connectivity index (χ1n) is 5.54. The van der Waals surface area contributed by atoms with Crippen molar-refractivity contribution in [2.75, 3.05) is 0 Å². The van der Waals surface area contributed by atoms with Gasteiger partial charge in [0.1, 0.15) is 11.6 Å². The van der Waals surface area contributed by atoms with Gasteiger partial charge in [-0.15, -0.1) is 0 Å². The van der Waals surface area contributed by atoms with Gasteiger partial charge in [-0.25, -0.2) is 8.78 Å². The van der Waals surface area contributed by atoms with Gasteiger partial charge in [0.05, 0.1) is 6.54 Å². The van der Waals surface area contributed by atoms with Crippen LogP contribution in [-0.2, 0) is 6.54 Å². The van der Waals surface area contributed by atoms with Crippen molar-refractivity contribution in [3.05, 3.63) is 47.1 Å². The van der Waals surface area contributed by atoms with Crippen LogP contribution >= 0.6 is 0 Å². The first kappa shape index (κ1) is 12.6. The molecule has 0 amide bonds. The van der Waals surface area contributed by atoms with Crippen molar-refractivity contribution < 1.29 is 13.3 Å². The summed E-state index contributed by atoms with van der Waals surface area (Å²) >= 11 is 0. The standard InChI is InChI=1S/C12H13F2N3O/c1-7(12-9(13)4-3-5-10(12)14)15-6-11-16-8(2)18-17-11/h3-5,7,15H,6H2,1-2H3. The molecule has 1 aromatic heterocycles. The fourth-order valence-electron chi connectivity index (χ4n) is 1.68. The molecule has 0 aliphatic heterocycles. The van der Waals surface area contributed by atoms with Gasteiger partial charge in [-0.1, -0.05) is 11.2 Å².